The van der Waals surface area contributed by atoms with Gasteiger partial charge in [-0.05, 0) is 61.6 Å². The summed E-state index contributed by atoms with van der Waals surface area (Å²) in [4.78, 5) is 11.1. The number of aromatic amines is 1. The standard InChI is InChI=1S/C13H21N5O3/c19-12(20)11-6-10-5-8(1-2-9(10)7-14-11)3-4-21-13-15-17-18-16-13/h8-11,14H,1-7H2,(H,19,20)(H,15,16,17,18)/t8?,9?,10?,11-/m0/s1. The fourth-order valence-electron chi connectivity index (χ4n) is 3.64. The zero-order valence-corrected chi connectivity index (χ0v) is 11.9. The smallest absolute Gasteiger partial charge is 0.355 e. The van der Waals surface area contributed by atoms with Gasteiger partial charge in [0.05, 0.1) is 6.61 Å². The Kier molecular flexibility index (Phi) is 4.33. The minimum atomic E-state index is -0.726. The van der Waals surface area contributed by atoms with E-state index >= 15 is 0 Å². The van der Waals surface area contributed by atoms with Gasteiger partial charge < -0.3 is 15.2 Å². The zero-order chi connectivity index (χ0) is 14.7. The van der Waals surface area contributed by atoms with E-state index in [9.17, 15) is 4.79 Å². The summed E-state index contributed by atoms with van der Waals surface area (Å²) in [7, 11) is 0. The molecule has 0 spiro atoms. The van der Waals surface area contributed by atoms with Gasteiger partial charge in [0.15, 0.2) is 0 Å². The van der Waals surface area contributed by atoms with E-state index in [1.54, 1.807) is 0 Å². The molecule has 8 heteroatoms. The molecular weight excluding hydrogens is 274 g/mol. The first-order chi connectivity index (χ1) is 10.2. The lowest BCUT2D eigenvalue weighted by Gasteiger charge is -2.41. The van der Waals surface area contributed by atoms with E-state index in [2.05, 4.69) is 25.9 Å². The molecule has 0 bridgehead atoms. The number of carboxylic acid groups (broad SMARTS) is 1. The van der Waals surface area contributed by atoms with Crippen molar-refractivity contribution >= 4 is 5.97 Å². The van der Waals surface area contributed by atoms with Crippen molar-refractivity contribution in [2.75, 3.05) is 13.2 Å². The number of fused-ring (bicyclic) bond motifs is 1. The van der Waals surface area contributed by atoms with Crippen LogP contribution < -0.4 is 10.1 Å². The molecule has 116 valence electrons. The molecule has 1 aromatic rings. The number of tetrazole rings is 1. The molecule has 0 amide bonds. The normalized spacial score (nSPS) is 32.4. The molecule has 1 aromatic heterocycles. The Morgan fingerprint density at radius 2 is 2.24 bits per heavy atom. The van der Waals surface area contributed by atoms with Gasteiger partial charge in [-0.2, -0.15) is 5.21 Å². The van der Waals surface area contributed by atoms with Crippen molar-refractivity contribution in [3.8, 4) is 6.01 Å². The second-order valence-electron chi connectivity index (χ2n) is 6.07. The first kappa shape index (κ1) is 14.2. The van der Waals surface area contributed by atoms with Gasteiger partial charge >= 0.3 is 12.0 Å². The van der Waals surface area contributed by atoms with Gasteiger partial charge in [0.25, 0.3) is 0 Å². The van der Waals surface area contributed by atoms with Gasteiger partial charge in [-0.15, -0.1) is 0 Å². The summed E-state index contributed by atoms with van der Waals surface area (Å²) >= 11 is 0. The lowest BCUT2D eigenvalue weighted by atomic mass is 9.69. The van der Waals surface area contributed by atoms with Crippen LogP contribution in [0.2, 0.25) is 0 Å². The summed E-state index contributed by atoms with van der Waals surface area (Å²) in [5.74, 6) is 1.04. The largest absolute Gasteiger partial charge is 0.480 e. The number of carboxylic acids is 1. The van der Waals surface area contributed by atoms with Crippen molar-refractivity contribution in [3.63, 3.8) is 0 Å². The molecule has 0 aromatic carbocycles. The number of aliphatic carboxylic acids is 1. The van der Waals surface area contributed by atoms with Crippen LogP contribution in [0.25, 0.3) is 0 Å². The van der Waals surface area contributed by atoms with Crippen molar-refractivity contribution < 1.29 is 14.6 Å². The maximum absolute atomic E-state index is 11.1. The molecule has 8 nitrogen and oxygen atoms in total. The topological polar surface area (TPSA) is 113 Å². The highest BCUT2D eigenvalue weighted by atomic mass is 16.5. The fraction of sp³-hybridized carbons (Fsp3) is 0.846. The molecule has 1 saturated heterocycles. The van der Waals surface area contributed by atoms with Gasteiger partial charge in [-0.1, -0.05) is 10.2 Å². The summed E-state index contributed by atoms with van der Waals surface area (Å²) in [6.07, 6.45) is 5.18. The molecule has 4 atom stereocenters. The third-order valence-corrected chi connectivity index (χ3v) is 4.79. The summed E-state index contributed by atoms with van der Waals surface area (Å²) < 4.78 is 5.42. The lowest BCUT2D eigenvalue weighted by Crippen LogP contribution is -2.49. The van der Waals surface area contributed by atoms with Crippen molar-refractivity contribution in [2.45, 2.75) is 38.1 Å². The third kappa shape index (κ3) is 3.49. The Labute approximate surface area is 122 Å². The van der Waals surface area contributed by atoms with Crippen LogP contribution in [0.5, 0.6) is 6.01 Å². The quantitative estimate of drug-likeness (QED) is 0.722. The predicted molar refractivity (Wildman–Crippen MR) is 72.7 cm³/mol. The van der Waals surface area contributed by atoms with Crippen molar-refractivity contribution in [2.24, 2.45) is 17.8 Å². The first-order valence-electron chi connectivity index (χ1n) is 7.55. The maximum Gasteiger partial charge on any atom is 0.355 e. The van der Waals surface area contributed by atoms with E-state index in [4.69, 9.17) is 9.84 Å². The summed E-state index contributed by atoms with van der Waals surface area (Å²) in [6, 6.07) is -0.0860. The van der Waals surface area contributed by atoms with E-state index in [1.807, 2.05) is 0 Å². The summed E-state index contributed by atoms with van der Waals surface area (Å²) in [6.45, 7) is 1.43. The number of carbonyl (C=O) groups is 1. The van der Waals surface area contributed by atoms with Crippen LogP contribution in [0.15, 0.2) is 0 Å². The van der Waals surface area contributed by atoms with Crippen molar-refractivity contribution in [1.29, 1.82) is 0 Å². The molecule has 1 aliphatic heterocycles. The van der Waals surface area contributed by atoms with Crippen LogP contribution in [-0.4, -0.2) is 50.9 Å². The molecular formula is C13H21N5O3. The number of H-pyrrole nitrogens is 1. The maximum atomic E-state index is 11.1. The Bertz CT molecular complexity index is 466. The summed E-state index contributed by atoms with van der Waals surface area (Å²) in [5, 5.41) is 25.6. The molecule has 3 unspecified atom stereocenters. The van der Waals surface area contributed by atoms with Gasteiger partial charge in [0.1, 0.15) is 6.04 Å². The fourth-order valence-corrected chi connectivity index (χ4v) is 3.64. The number of rotatable bonds is 5. The van der Waals surface area contributed by atoms with Crippen LogP contribution >= 0.6 is 0 Å². The van der Waals surface area contributed by atoms with Gasteiger partial charge in [-0.25, -0.2) is 0 Å². The minimum Gasteiger partial charge on any atom is -0.480 e. The number of hydrogen-bond donors (Lipinski definition) is 3. The highest BCUT2D eigenvalue weighted by Gasteiger charge is 2.37. The molecule has 2 heterocycles. The molecule has 3 N–H and O–H groups in total. The average molecular weight is 295 g/mol. The predicted octanol–water partition coefficient (Wildman–Crippen LogP) is 0.448. The van der Waals surface area contributed by atoms with E-state index in [1.165, 1.54) is 12.8 Å². The lowest BCUT2D eigenvalue weighted by molar-refractivity contribution is -0.141. The van der Waals surface area contributed by atoms with Gasteiger partial charge in [0, 0.05) is 0 Å². The highest BCUT2D eigenvalue weighted by molar-refractivity contribution is 5.73. The molecule has 1 aliphatic carbocycles. The Morgan fingerprint density at radius 1 is 1.33 bits per heavy atom. The first-order valence-corrected chi connectivity index (χ1v) is 7.55. The van der Waals surface area contributed by atoms with Crippen LogP contribution in [0.1, 0.15) is 32.1 Å². The second kappa shape index (κ2) is 6.38. The van der Waals surface area contributed by atoms with E-state index in [0.29, 0.717) is 24.4 Å². The zero-order valence-electron chi connectivity index (χ0n) is 11.9. The van der Waals surface area contributed by atoms with Crippen LogP contribution in [0.3, 0.4) is 0 Å². The summed E-state index contributed by atoms with van der Waals surface area (Å²) in [5.41, 5.74) is 0. The number of nitrogens with zero attached hydrogens (tertiary/aromatic N) is 3. The number of aromatic nitrogens is 4. The molecule has 3 rings (SSSR count). The van der Waals surface area contributed by atoms with E-state index in [-0.39, 0.29) is 12.1 Å². The molecule has 2 fully saturated rings. The average Bonchev–Trinajstić information content (AvgIpc) is 2.99. The Balaban J connectivity index is 1.45. The number of ether oxygens (including phenoxy) is 1. The van der Waals surface area contributed by atoms with Crippen molar-refractivity contribution in [1.82, 2.24) is 25.9 Å². The molecule has 2 aliphatic rings. The highest BCUT2D eigenvalue weighted by Crippen LogP contribution is 2.39. The third-order valence-electron chi connectivity index (χ3n) is 4.79. The number of nitrogens with one attached hydrogen (secondary N) is 2. The number of hydrogen-bond acceptors (Lipinski definition) is 6. The van der Waals surface area contributed by atoms with E-state index in [0.717, 1.165) is 25.8 Å². The van der Waals surface area contributed by atoms with Crippen LogP contribution in [0.4, 0.5) is 0 Å². The second-order valence-corrected chi connectivity index (χ2v) is 6.07. The van der Waals surface area contributed by atoms with E-state index < -0.39 is 5.97 Å². The SMILES string of the molecule is O=C(O)[C@@H]1CC2CC(CCOc3nn[nH]n3)CCC2CN1. The van der Waals surface area contributed by atoms with Crippen LogP contribution in [0, 0.1) is 17.8 Å². The number of piperidine rings is 1. The molecule has 0 radical (unpaired) electrons. The van der Waals surface area contributed by atoms with Gasteiger partial charge in [-0.3, -0.25) is 4.79 Å². The Morgan fingerprint density at radius 3 is 3.00 bits per heavy atom. The Hall–Kier alpha value is -1.70. The monoisotopic (exact) mass is 295 g/mol. The molecule has 21 heavy (non-hydrogen) atoms. The molecule has 1 saturated carbocycles. The van der Waals surface area contributed by atoms with Gasteiger partial charge in [0.2, 0.25) is 0 Å². The minimum absolute atomic E-state index is 0.288. The van der Waals surface area contributed by atoms with Crippen LogP contribution in [-0.2, 0) is 4.79 Å². The van der Waals surface area contributed by atoms with Crippen molar-refractivity contribution in [3.05, 3.63) is 0 Å².